The predicted octanol–water partition coefficient (Wildman–Crippen LogP) is 4.58. The summed E-state index contributed by atoms with van der Waals surface area (Å²) in [5, 5.41) is 0.0434. The van der Waals surface area contributed by atoms with Gasteiger partial charge in [0.05, 0.1) is 0 Å². The molecule has 0 bridgehead atoms. The fourth-order valence-corrected chi connectivity index (χ4v) is 2.71. The Labute approximate surface area is 137 Å². The van der Waals surface area contributed by atoms with Crippen molar-refractivity contribution in [1.82, 2.24) is 9.97 Å². The lowest BCUT2D eigenvalue weighted by Gasteiger charge is -2.36. The van der Waals surface area contributed by atoms with Gasteiger partial charge in [-0.1, -0.05) is 20.8 Å². The van der Waals surface area contributed by atoms with E-state index in [1.54, 1.807) is 18.5 Å². The zero-order valence-electron chi connectivity index (χ0n) is 14.3. The molecule has 0 amide bonds. The van der Waals surface area contributed by atoms with Crippen molar-refractivity contribution in [2.24, 2.45) is 0 Å². The summed E-state index contributed by atoms with van der Waals surface area (Å²) in [5.41, 5.74) is 0.823. The minimum atomic E-state index is -2.02. The number of aromatic nitrogens is 2. The van der Waals surface area contributed by atoms with Gasteiger partial charge in [0, 0.05) is 36.2 Å². The van der Waals surface area contributed by atoms with Crippen molar-refractivity contribution in [3.63, 3.8) is 0 Å². The highest BCUT2D eigenvalue weighted by molar-refractivity contribution is 6.74. The summed E-state index contributed by atoms with van der Waals surface area (Å²) in [6.07, 6.45) is 4.79. The molecule has 23 heavy (non-hydrogen) atoms. The lowest BCUT2D eigenvalue weighted by molar-refractivity contribution is 0.302. The van der Waals surface area contributed by atoms with Gasteiger partial charge in [-0.2, -0.15) is 0 Å². The molecular weight excluding hydrogens is 311 g/mol. The Morgan fingerprint density at radius 1 is 1.04 bits per heavy atom. The van der Waals surface area contributed by atoms with E-state index in [1.807, 2.05) is 0 Å². The highest BCUT2D eigenvalue weighted by Gasteiger charge is 2.39. The average Bonchev–Trinajstić information content (AvgIpc) is 2.44. The second kappa shape index (κ2) is 6.66. The SMILES string of the molecule is CC(C)(C)[Si](C)(C)Oc1cc(F)cc(OCc2cncnc2)c1. The van der Waals surface area contributed by atoms with Gasteiger partial charge in [0.15, 0.2) is 0 Å². The fraction of sp³-hybridized carbons (Fsp3) is 0.412. The summed E-state index contributed by atoms with van der Waals surface area (Å²) in [5.74, 6) is 0.569. The number of ether oxygens (including phenoxy) is 1. The maximum absolute atomic E-state index is 13.9. The van der Waals surface area contributed by atoms with E-state index in [0.717, 1.165) is 5.56 Å². The van der Waals surface area contributed by atoms with Crippen LogP contribution in [0.3, 0.4) is 0 Å². The summed E-state index contributed by atoms with van der Waals surface area (Å²) in [6, 6.07) is 4.48. The van der Waals surface area contributed by atoms with E-state index >= 15 is 0 Å². The van der Waals surface area contributed by atoms with Crippen molar-refractivity contribution in [2.75, 3.05) is 0 Å². The number of rotatable bonds is 5. The summed E-state index contributed by atoms with van der Waals surface area (Å²) in [7, 11) is -2.02. The molecule has 2 aromatic rings. The Hall–Kier alpha value is -1.95. The molecule has 6 heteroatoms. The van der Waals surface area contributed by atoms with Crippen LogP contribution < -0.4 is 9.16 Å². The molecule has 0 radical (unpaired) electrons. The minimum absolute atomic E-state index is 0.0434. The highest BCUT2D eigenvalue weighted by Crippen LogP contribution is 2.38. The number of benzene rings is 1. The minimum Gasteiger partial charge on any atom is -0.543 e. The molecule has 0 aliphatic rings. The van der Waals surface area contributed by atoms with Crippen LogP contribution in [0.2, 0.25) is 18.1 Å². The van der Waals surface area contributed by atoms with Gasteiger partial charge < -0.3 is 9.16 Å². The first-order chi connectivity index (χ1) is 10.7. The fourth-order valence-electron chi connectivity index (χ4n) is 1.70. The second-order valence-electron chi connectivity index (χ2n) is 7.02. The molecule has 124 valence electrons. The van der Waals surface area contributed by atoms with Crippen LogP contribution in [0.1, 0.15) is 26.3 Å². The van der Waals surface area contributed by atoms with E-state index in [0.29, 0.717) is 11.5 Å². The molecule has 1 heterocycles. The summed E-state index contributed by atoms with van der Waals surface area (Å²) < 4.78 is 25.6. The molecule has 0 saturated carbocycles. The Balaban J connectivity index is 2.13. The van der Waals surface area contributed by atoms with Gasteiger partial charge in [0.1, 0.15) is 30.3 Å². The monoisotopic (exact) mass is 334 g/mol. The predicted molar refractivity (Wildman–Crippen MR) is 90.6 cm³/mol. The highest BCUT2D eigenvalue weighted by atomic mass is 28.4. The first kappa shape index (κ1) is 17.4. The van der Waals surface area contributed by atoms with Gasteiger partial charge in [0.2, 0.25) is 8.32 Å². The Morgan fingerprint density at radius 2 is 1.65 bits per heavy atom. The van der Waals surface area contributed by atoms with Crippen molar-refractivity contribution < 1.29 is 13.6 Å². The zero-order chi connectivity index (χ0) is 17.1. The third-order valence-electron chi connectivity index (χ3n) is 4.04. The van der Waals surface area contributed by atoms with Crippen LogP contribution in [0, 0.1) is 5.82 Å². The van der Waals surface area contributed by atoms with Gasteiger partial charge in [-0.25, -0.2) is 14.4 Å². The average molecular weight is 334 g/mol. The maximum Gasteiger partial charge on any atom is 0.250 e. The van der Waals surface area contributed by atoms with Gasteiger partial charge in [-0.15, -0.1) is 0 Å². The number of hydrogen-bond acceptors (Lipinski definition) is 4. The smallest absolute Gasteiger partial charge is 0.250 e. The van der Waals surface area contributed by atoms with E-state index in [4.69, 9.17) is 9.16 Å². The Morgan fingerprint density at radius 3 is 2.26 bits per heavy atom. The normalized spacial score (nSPS) is 12.1. The molecule has 0 aliphatic carbocycles. The molecule has 0 aliphatic heterocycles. The van der Waals surface area contributed by atoms with Crippen molar-refractivity contribution in [3.8, 4) is 11.5 Å². The quantitative estimate of drug-likeness (QED) is 0.751. The van der Waals surface area contributed by atoms with Crippen LogP contribution in [0.25, 0.3) is 0 Å². The lowest BCUT2D eigenvalue weighted by atomic mass is 10.2. The van der Waals surface area contributed by atoms with E-state index < -0.39 is 8.32 Å². The van der Waals surface area contributed by atoms with Crippen LogP contribution >= 0.6 is 0 Å². The Bertz CT molecular complexity index is 657. The molecule has 0 unspecified atom stereocenters. The molecule has 0 N–H and O–H groups in total. The summed E-state index contributed by atoms with van der Waals surface area (Å²) in [6.45, 7) is 11.0. The van der Waals surface area contributed by atoms with Crippen molar-refractivity contribution in [3.05, 3.63) is 48.3 Å². The van der Waals surface area contributed by atoms with Crippen LogP contribution in [0.5, 0.6) is 11.5 Å². The molecule has 0 saturated heterocycles. The third-order valence-corrected chi connectivity index (χ3v) is 8.40. The molecule has 4 nitrogen and oxygen atoms in total. The van der Waals surface area contributed by atoms with Crippen LogP contribution in [0.4, 0.5) is 4.39 Å². The molecule has 2 rings (SSSR count). The van der Waals surface area contributed by atoms with E-state index in [2.05, 4.69) is 43.8 Å². The lowest BCUT2D eigenvalue weighted by Crippen LogP contribution is -2.43. The van der Waals surface area contributed by atoms with Crippen molar-refractivity contribution >= 4 is 8.32 Å². The number of hydrogen-bond donors (Lipinski definition) is 0. The number of halogens is 1. The topological polar surface area (TPSA) is 44.2 Å². The first-order valence-electron chi connectivity index (χ1n) is 7.54. The maximum atomic E-state index is 13.9. The molecule has 0 atom stereocenters. The zero-order valence-corrected chi connectivity index (χ0v) is 15.3. The summed E-state index contributed by atoms with van der Waals surface area (Å²) in [4.78, 5) is 7.85. The van der Waals surface area contributed by atoms with Crippen LogP contribution in [-0.2, 0) is 6.61 Å². The van der Waals surface area contributed by atoms with Gasteiger partial charge in [-0.05, 0) is 18.1 Å². The largest absolute Gasteiger partial charge is 0.543 e. The van der Waals surface area contributed by atoms with Crippen molar-refractivity contribution in [2.45, 2.75) is 45.5 Å². The molecule has 0 spiro atoms. The molecule has 0 fully saturated rings. The summed E-state index contributed by atoms with van der Waals surface area (Å²) >= 11 is 0. The first-order valence-corrected chi connectivity index (χ1v) is 10.4. The van der Waals surface area contributed by atoms with Gasteiger partial charge in [-0.3, -0.25) is 0 Å². The molecule has 1 aromatic heterocycles. The van der Waals surface area contributed by atoms with E-state index in [9.17, 15) is 4.39 Å². The Kier molecular flexibility index (Phi) is 5.04. The van der Waals surface area contributed by atoms with Crippen LogP contribution in [0.15, 0.2) is 36.9 Å². The van der Waals surface area contributed by atoms with Crippen LogP contribution in [-0.4, -0.2) is 18.3 Å². The standard InChI is InChI=1S/C17H23FN2O2Si/c1-17(2,3)23(4,5)22-16-7-14(18)6-15(8-16)21-11-13-9-19-12-20-10-13/h6-10,12H,11H2,1-5H3. The van der Waals surface area contributed by atoms with Gasteiger partial charge in [0.25, 0.3) is 0 Å². The van der Waals surface area contributed by atoms with E-state index in [1.165, 1.54) is 18.5 Å². The van der Waals surface area contributed by atoms with Crippen molar-refractivity contribution in [1.29, 1.82) is 0 Å². The number of nitrogens with zero attached hydrogens (tertiary/aromatic N) is 2. The van der Waals surface area contributed by atoms with E-state index in [-0.39, 0.29) is 17.5 Å². The third kappa shape index (κ3) is 4.76. The second-order valence-corrected chi connectivity index (χ2v) is 11.7. The molecule has 1 aromatic carbocycles. The van der Waals surface area contributed by atoms with Gasteiger partial charge >= 0.3 is 0 Å². The molecular formula is C17H23FN2O2Si.